The van der Waals surface area contributed by atoms with Crippen molar-refractivity contribution in [2.45, 2.75) is 19.3 Å². The molecule has 2 rings (SSSR count). The Balaban J connectivity index is 2.76. The number of aryl methyl sites for hydroxylation is 1. The molecule has 0 saturated heterocycles. The van der Waals surface area contributed by atoms with Gasteiger partial charge in [0, 0.05) is 23.4 Å². The van der Waals surface area contributed by atoms with Crippen LogP contribution in [-0.4, -0.2) is 9.55 Å². The van der Waals surface area contributed by atoms with Gasteiger partial charge in [-0.05, 0) is 41.9 Å². The minimum Gasteiger partial charge on any atom is -0.345 e. The number of hydrogen-bond acceptors (Lipinski definition) is 2. The molecule has 0 aliphatic heterocycles. The third-order valence-electron chi connectivity index (χ3n) is 2.78. The maximum absolute atomic E-state index is 9.16. The monoisotopic (exact) mass is 277 g/mol. The van der Waals surface area contributed by atoms with Gasteiger partial charge >= 0.3 is 0 Å². The number of aromatic nitrogens is 2. The largest absolute Gasteiger partial charge is 0.345 e. The highest BCUT2D eigenvalue weighted by atomic mass is 79.9. The summed E-state index contributed by atoms with van der Waals surface area (Å²) < 4.78 is 2.97. The Kier molecular flexibility index (Phi) is 2.51. The Bertz CT molecular complexity index is 590. The predicted octanol–water partition coefficient (Wildman–Crippen LogP) is 3.14. The average Bonchev–Trinajstić information content (AvgIpc) is 2.57. The Labute approximate surface area is 103 Å². The van der Waals surface area contributed by atoms with Crippen molar-refractivity contribution >= 4 is 27.0 Å². The van der Waals surface area contributed by atoms with Crippen LogP contribution in [0.2, 0.25) is 0 Å². The smallest absolute Gasteiger partial charge is 0.0918 e. The first kappa shape index (κ1) is 11.2. The minimum absolute atomic E-state index is 0.498. The molecule has 2 aromatic rings. The van der Waals surface area contributed by atoms with Crippen LogP contribution in [0.1, 0.15) is 19.5 Å². The summed E-state index contributed by atoms with van der Waals surface area (Å²) in [5, 5.41) is 9.16. The number of pyridine rings is 1. The van der Waals surface area contributed by atoms with Gasteiger partial charge in [0.05, 0.1) is 22.5 Å². The average molecular weight is 278 g/mol. The third kappa shape index (κ3) is 1.61. The zero-order valence-electron chi connectivity index (χ0n) is 9.45. The quantitative estimate of drug-likeness (QED) is 0.804. The highest BCUT2D eigenvalue weighted by molar-refractivity contribution is 9.10. The van der Waals surface area contributed by atoms with Crippen LogP contribution in [0.4, 0.5) is 0 Å². The van der Waals surface area contributed by atoms with E-state index in [0.29, 0.717) is 0 Å². The second-order valence-corrected chi connectivity index (χ2v) is 5.30. The maximum atomic E-state index is 9.16. The fourth-order valence-electron chi connectivity index (χ4n) is 1.83. The molecular weight excluding hydrogens is 266 g/mol. The number of hydrogen-bond donors (Lipinski definition) is 0. The van der Waals surface area contributed by atoms with Crippen molar-refractivity contribution in [2.24, 2.45) is 7.05 Å². The zero-order chi connectivity index (χ0) is 11.9. The molecule has 0 fully saturated rings. The van der Waals surface area contributed by atoms with Crippen LogP contribution in [0.25, 0.3) is 11.0 Å². The summed E-state index contributed by atoms with van der Waals surface area (Å²) in [4.78, 5) is 4.33. The molecule has 0 unspecified atom stereocenters. The van der Waals surface area contributed by atoms with Gasteiger partial charge in [0.2, 0.25) is 0 Å². The van der Waals surface area contributed by atoms with Gasteiger partial charge in [-0.15, -0.1) is 0 Å². The van der Waals surface area contributed by atoms with Gasteiger partial charge in [-0.2, -0.15) is 5.26 Å². The molecule has 0 aliphatic carbocycles. The zero-order valence-corrected chi connectivity index (χ0v) is 11.0. The van der Waals surface area contributed by atoms with Crippen molar-refractivity contribution in [1.82, 2.24) is 9.55 Å². The van der Waals surface area contributed by atoms with Crippen LogP contribution in [0.15, 0.2) is 22.8 Å². The van der Waals surface area contributed by atoms with E-state index in [0.717, 1.165) is 21.2 Å². The molecular formula is C12H12BrN3. The summed E-state index contributed by atoms with van der Waals surface area (Å²) in [7, 11) is 1.96. The van der Waals surface area contributed by atoms with E-state index in [1.807, 2.05) is 37.6 Å². The summed E-state index contributed by atoms with van der Waals surface area (Å²) in [5.41, 5.74) is 2.44. The fraction of sp³-hybridized carbons (Fsp3) is 0.333. The highest BCUT2D eigenvalue weighted by Gasteiger charge is 2.24. The molecule has 0 N–H and O–H groups in total. The topological polar surface area (TPSA) is 41.6 Å². The molecule has 0 aliphatic rings. The fourth-order valence-corrected chi connectivity index (χ4v) is 2.15. The van der Waals surface area contributed by atoms with E-state index in [2.05, 4.69) is 27.0 Å². The highest BCUT2D eigenvalue weighted by Crippen LogP contribution is 2.28. The normalized spacial score (nSPS) is 11.7. The first-order chi connectivity index (χ1) is 7.45. The molecule has 0 saturated carbocycles. The maximum Gasteiger partial charge on any atom is 0.0918 e. The van der Waals surface area contributed by atoms with Gasteiger partial charge in [-0.3, -0.25) is 4.98 Å². The Morgan fingerprint density at radius 2 is 2.12 bits per heavy atom. The molecule has 0 spiro atoms. The molecule has 4 heteroatoms. The molecule has 0 bridgehead atoms. The van der Waals surface area contributed by atoms with Crippen LogP contribution >= 0.6 is 15.9 Å². The number of halogens is 1. The van der Waals surface area contributed by atoms with E-state index >= 15 is 0 Å². The minimum atomic E-state index is -0.498. The second-order valence-electron chi connectivity index (χ2n) is 4.38. The van der Waals surface area contributed by atoms with Crippen molar-refractivity contribution in [3.8, 4) is 6.07 Å². The Hall–Kier alpha value is -1.34. The summed E-state index contributed by atoms with van der Waals surface area (Å²) in [5.74, 6) is 0. The Morgan fingerprint density at radius 1 is 1.44 bits per heavy atom. The molecule has 0 aromatic carbocycles. The number of rotatable bonds is 1. The van der Waals surface area contributed by atoms with Gasteiger partial charge in [-0.25, -0.2) is 0 Å². The molecule has 0 atom stereocenters. The summed E-state index contributed by atoms with van der Waals surface area (Å²) in [6.45, 7) is 3.83. The van der Waals surface area contributed by atoms with Crippen molar-refractivity contribution in [1.29, 1.82) is 5.26 Å². The molecule has 82 valence electrons. The molecule has 2 aromatic heterocycles. The third-order valence-corrected chi connectivity index (χ3v) is 3.21. The first-order valence-electron chi connectivity index (χ1n) is 4.98. The van der Waals surface area contributed by atoms with Crippen molar-refractivity contribution in [3.63, 3.8) is 0 Å². The van der Waals surface area contributed by atoms with Gasteiger partial charge < -0.3 is 4.57 Å². The molecule has 0 amide bonds. The van der Waals surface area contributed by atoms with Gasteiger partial charge in [-0.1, -0.05) is 0 Å². The van der Waals surface area contributed by atoms with Crippen LogP contribution in [0, 0.1) is 11.3 Å². The lowest BCUT2D eigenvalue weighted by Gasteiger charge is -2.16. The van der Waals surface area contributed by atoms with E-state index in [1.54, 1.807) is 6.20 Å². The first-order valence-corrected chi connectivity index (χ1v) is 5.78. The number of fused-ring (bicyclic) bond motifs is 1. The Morgan fingerprint density at radius 3 is 2.75 bits per heavy atom. The standard InChI is InChI=1S/C12H12BrN3/c1-12(2,7-14)11-5-9-10(16(11)3)4-8(13)6-15-9/h4-6H,1-3H3. The van der Waals surface area contributed by atoms with E-state index in [-0.39, 0.29) is 0 Å². The summed E-state index contributed by atoms with van der Waals surface area (Å²) >= 11 is 3.40. The van der Waals surface area contributed by atoms with Gasteiger partial charge in [0.15, 0.2) is 0 Å². The second kappa shape index (κ2) is 3.60. The lowest BCUT2D eigenvalue weighted by molar-refractivity contribution is 0.627. The van der Waals surface area contributed by atoms with Gasteiger partial charge in [0.25, 0.3) is 0 Å². The van der Waals surface area contributed by atoms with E-state index in [1.165, 1.54) is 0 Å². The van der Waals surface area contributed by atoms with Crippen molar-refractivity contribution < 1.29 is 0 Å². The lowest BCUT2D eigenvalue weighted by atomic mass is 9.91. The number of nitrogens with zero attached hydrogens (tertiary/aromatic N) is 3. The molecule has 3 nitrogen and oxygen atoms in total. The SMILES string of the molecule is Cn1c(C(C)(C)C#N)cc2ncc(Br)cc21. The molecule has 0 radical (unpaired) electrons. The van der Waals surface area contributed by atoms with Crippen LogP contribution in [0.3, 0.4) is 0 Å². The van der Waals surface area contributed by atoms with E-state index in [4.69, 9.17) is 5.26 Å². The van der Waals surface area contributed by atoms with E-state index in [9.17, 15) is 0 Å². The molecule has 16 heavy (non-hydrogen) atoms. The van der Waals surface area contributed by atoms with Gasteiger partial charge in [0.1, 0.15) is 0 Å². The van der Waals surface area contributed by atoms with E-state index < -0.39 is 5.41 Å². The number of nitriles is 1. The van der Waals surface area contributed by atoms with Crippen LogP contribution in [0.5, 0.6) is 0 Å². The van der Waals surface area contributed by atoms with Crippen molar-refractivity contribution in [2.75, 3.05) is 0 Å². The summed E-state index contributed by atoms with van der Waals surface area (Å²) in [6.07, 6.45) is 1.77. The lowest BCUT2D eigenvalue weighted by Crippen LogP contribution is -2.17. The van der Waals surface area contributed by atoms with Crippen LogP contribution in [-0.2, 0) is 12.5 Å². The summed E-state index contributed by atoms with van der Waals surface area (Å²) in [6, 6.07) is 6.30. The van der Waals surface area contributed by atoms with Crippen molar-refractivity contribution in [3.05, 3.63) is 28.5 Å². The van der Waals surface area contributed by atoms with Crippen LogP contribution < -0.4 is 0 Å². The predicted molar refractivity (Wildman–Crippen MR) is 67.1 cm³/mol. The molecule has 2 heterocycles.